The Morgan fingerprint density at radius 2 is 1.90 bits per heavy atom. The standard InChI is InChI=1S/C15H20FN3.C2H6/c1-11(2)7-12-8-14(16)13(10-17)15(9-12)19-5-3-18-4-6-19;1-2/h8-9,11,18H,3-7H2,1-2H3;1-2H3. The molecule has 0 radical (unpaired) electrons. The molecule has 21 heavy (non-hydrogen) atoms. The van der Waals surface area contributed by atoms with Crippen LogP contribution < -0.4 is 10.2 Å². The lowest BCUT2D eigenvalue weighted by molar-refractivity contribution is 0.580. The van der Waals surface area contributed by atoms with Crippen molar-refractivity contribution in [1.29, 1.82) is 5.26 Å². The highest BCUT2D eigenvalue weighted by Crippen LogP contribution is 2.26. The summed E-state index contributed by atoms with van der Waals surface area (Å²) >= 11 is 0. The van der Waals surface area contributed by atoms with Gasteiger partial charge in [0, 0.05) is 26.2 Å². The molecule has 0 bridgehead atoms. The quantitative estimate of drug-likeness (QED) is 0.928. The van der Waals surface area contributed by atoms with E-state index in [4.69, 9.17) is 0 Å². The van der Waals surface area contributed by atoms with E-state index >= 15 is 0 Å². The van der Waals surface area contributed by atoms with Crippen LogP contribution in [0.4, 0.5) is 10.1 Å². The van der Waals surface area contributed by atoms with Crippen LogP contribution in [0.15, 0.2) is 12.1 Å². The zero-order valence-corrected chi connectivity index (χ0v) is 13.5. The normalized spacial score (nSPS) is 14.4. The third-order valence-corrected chi connectivity index (χ3v) is 3.34. The van der Waals surface area contributed by atoms with E-state index in [-0.39, 0.29) is 5.56 Å². The first-order valence-electron chi connectivity index (χ1n) is 7.80. The number of anilines is 1. The molecule has 0 atom stereocenters. The number of nitrogens with zero attached hydrogens (tertiary/aromatic N) is 2. The van der Waals surface area contributed by atoms with Crippen molar-refractivity contribution >= 4 is 5.69 Å². The second-order valence-corrected chi connectivity index (χ2v) is 5.42. The lowest BCUT2D eigenvalue weighted by Crippen LogP contribution is -2.44. The summed E-state index contributed by atoms with van der Waals surface area (Å²) in [6.07, 6.45) is 0.835. The van der Waals surface area contributed by atoms with Crippen molar-refractivity contribution in [3.8, 4) is 6.07 Å². The monoisotopic (exact) mass is 291 g/mol. The maximum atomic E-state index is 14.1. The molecule has 0 amide bonds. The van der Waals surface area contributed by atoms with Crippen molar-refractivity contribution in [1.82, 2.24) is 5.32 Å². The van der Waals surface area contributed by atoms with Crippen LogP contribution in [0.2, 0.25) is 0 Å². The third kappa shape index (κ3) is 4.71. The van der Waals surface area contributed by atoms with Gasteiger partial charge in [-0.2, -0.15) is 5.26 Å². The minimum absolute atomic E-state index is 0.175. The molecule has 1 aliphatic heterocycles. The van der Waals surface area contributed by atoms with E-state index in [1.54, 1.807) is 0 Å². The Bertz CT molecular complexity index is 486. The summed E-state index contributed by atoms with van der Waals surface area (Å²) in [4.78, 5) is 2.10. The van der Waals surface area contributed by atoms with Crippen LogP contribution in [0, 0.1) is 23.1 Å². The van der Waals surface area contributed by atoms with Crippen LogP contribution in [0.1, 0.15) is 38.8 Å². The van der Waals surface area contributed by atoms with Crippen LogP contribution in [0.5, 0.6) is 0 Å². The van der Waals surface area contributed by atoms with Crippen LogP contribution in [-0.2, 0) is 6.42 Å². The fourth-order valence-electron chi connectivity index (χ4n) is 2.50. The maximum absolute atomic E-state index is 14.1. The van der Waals surface area contributed by atoms with Gasteiger partial charge in [0.05, 0.1) is 5.69 Å². The van der Waals surface area contributed by atoms with Gasteiger partial charge >= 0.3 is 0 Å². The lowest BCUT2D eigenvalue weighted by atomic mass is 9.99. The highest BCUT2D eigenvalue weighted by atomic mass is 19.1. The van der Waals surface area contributed by atoms with Gasteiger partial charge in [-0.05, 0) is 30.0 Å². The van der Waals surface area contributed by atoms with Crippen molar-refractivity contribution in [2.75, 3.05) is 31.1 Å². The molecular formula is C17H26FN3. The van der Waals surface area contributed by atoms with Gasteiger partial charge in [-0.15, -0.1) is 0 Å². The molecule has 0 spiro atoms. The molecule has 0 aliphatic carbocycles. The number of hydrogen-bond donors (Lipinski definition) is 1. The summed E-state index contributed by atoms with van der Waals surface area (Å²) < 4.78 is 14.1. The minimum Gasteiger partial charge on any atom is -0.368 e. The molecule has 2 rings (SSSR count). The van der Waals surface area contributed by atoms with Gasteiger partial charge in [-0.3, -0.25) is 0 Å². The predicted octanol–water partition coefficient (Wildman–Crippen LogP) is 3.33. The van der Waals surface area contributed by atoms with E-state index in [1.807, 2.05) is 26.0 Å². The number of nitriles is 1. The van der Waals surface area contributed by atoms with E-state index in [2.05, 4.69) is 24.1 Å². The number of halogens is 1. The van der Waals surface area contributed by atoms with Gasteiger partial charge in [-0.1, -0.05) is 27.7 Å². The molecule has 1 saturated heterocycles. The molecule has 116 valence electrons. The number of benzene rings is 1. The van der Waals surface area contributed by atoms with Gasteiger partial charge in [0.15, 0.2) is 0 Å². The highest BCUT2D eigenvalue weighted by Gasteiger charge is 2.18. The van der Waals surface area contributed by atoms with Crippen LogP contribution >= 0.6 is 0 Å². The molecule has 4 heteroatoms. The Balaban J connectivity index is 0.00000106. The summed E-state index contributed by atoms with van der Waals surface area (Å²) in [7, 11) is 0. The van der Waals surface area contributed by atoms with E-state index in [0.717, 1.165) is 43.9 Å². The molecule has 0 unspecified atom stereocenters. The van der Waals surface area contributed by atoms with Crippen LogP contribution in [0.3, 0.4) is 0 Å². The fourth-order valence-corrected chi connectivity index (χ4v) is 2.50. The van der Waals surface area contributed by atoms with Crippen molar-refractivity contribution in [3.63, 3.8) is 0 Å². The smallest absolute Gasteiger partial charge is 0.143 e. The largest absolute Gasteiger partial charge is 0.368 e. The lowest BCUT2D eigenvalue weighted by Gasteiger charge is -2.30. The van der Waals surface area contributed by atoms with Gasteiger partial charge < -0.3 is 10.2 Å². The Kier molecular flexibility index (Phi) is 7.18. The molecule has 0 saturated carbocycles. The van der Waals surface area contributed by atoms with Gasteiger partial charge in [-0.25, -0.2) is 4.39 Å². The second-order valence-electron chi connectivity index (χ2n) is 5.42. The summed E-state index contributed by atoms with van der Waals surface area (Å²) in [6, 6.07) is 5.49. The molecule has 3 nitrogen and oxygen atoms in total. The number of piperazine rings is 1. The van der Waals surface area contributed by atoms with Crippen molar-refractivity contribution in [3.05, 3.63) is 29.1 Å². The topological polar surface area (TPSA) is 39.1 Å². The molecule has 1 fully saturated rings. The zero-order valence-electron chi connectivity index (χ0n) is 13.5. The molecule has 1 aliphatic rings. The van der Waals surface area contributed by atoms with Crippen LogP contribution in [-0.4, -0.2) is 26.2 Å². The highest BCUT2D eigenvalue weighted by molar-refractivity contribution is 5.61. The van der Waals surface area contributed by atoms with Gasteiger partial charge in [0.1, 0.15) is 17.4 Å². The number of rotatable bonds is 3. The average Bonchev–Trinajstić information content (AvgIpc) is 2.49. The molecule has 1 heterocycles. The predicted molar refractivity (Wildman–Crippen MR) is 86.1 cm³/mol. The van der Waals surface area contributed by atoms with Crippen LogP contribution in [0.25, 0.3) is 0 Å². The van der Waals surface area contributed by atoms with E-state index in [1.165, 1.54) is 6.07 Å². The molecule has 0 aromatic heterocycles. The first kappa shape index (κ1) is 17.5. The van der Waals surface area contributed by atoms with Gasteiger partial charge in [0.25, 0.3) is 0 Å². The summed E-state index contributed by atoms with van der Waals surface area (Å²) in [6.45, 7) is 11.6. The summed E-state index contributed by atoms with van der Waals surface area (Å²) in [5.41, 5.74) is 1.90. The SMILES string of the molecule is CC.CC(C)Cc1cc(F)c(C#N)c(N2CCNCC2)c1. The second kappa shape index (κ2) is 8.63. The fraction of sp³-hybridized carbons (Fsp3) is 0.588. The zero-order chi connectivity index (χ0) is 15.8. The average molecular weight is 291 g/mol. The minimum atomic E-state index is -0.394. The van der Waals surface area contributed by atoms with E-state index in [0.29, 0.717) is 5.92 Å². The Labute approximate surface area is 127 Å². The Hall–Kier alpha value is -1.60. The number of nitrogens with one attached hydrogen (secondary N) is 1. The first-order valence-corrected chi connectivity index (χ1v) is 7.80. The number of hydrogen-bond acceptors (Lipinski definition) is 3. The van der Waals surface area contributed by atoms with Crippen molar-refractivity contribution < 1.29 is 4.39 Å². The molecule has 1 aromatic rings. The Morgan fingerprint density at radius 3 is 2.43 bits per heavy atom. The van der Waals surface area contributed by atoms with E-state index < -0.39 is 5.82 Å². The van der Waals surface area contributed by atoms with Crippen molar-refractivity contribution in [2.45, 2.75) is 34.1 Å². The molecule has 1 aromatic carbocycles. The maximum Gasteiger partial charge on any atom is 0.143 e. The third-order valence-electron chi connectivity index (χ3n) is 3.34. The Morgan fingerprint density at radius 1 is 1.29 bits per heavy atom. The van der Waals surface area contributed by atoms with E-state index in [9.17, 15) is 9.65 Å². The first-order chi connectivity index (χ1) is 10.1. The summed E-state index contributed by atoms with van der Waals surface area (Å²) in [5.74, 6) is 0.0809. The molecule has 1 N–H and O–H groups in total. The van der Waals surface area contributed by atoms with Gasteiger partial charge in [0.2, 0.25) is 0 Å². The molecular weight excluding hydrogens is 265 g/mol. The summed E-state index contributed by atoms with van der Waals surface area (Å²) in [5, 5.41) is 12.4. The van der Waals surface area contributed by atoms with Crippen molar-refractivity contribution in [2.24, 2.45) is 5.92 Å².